The molecule has 1 atom stereocenters. The van der Waals surface area contributed by atoms with Gasteiger partial charge in [-0.1, -0.05) is 60.7 Å². The normalized spacial score (nSPS) is 11.2. The number of ether oxygens (including phenoxy) is 2. The molecule has 0 aliphatic heterocycles. The van der Waals surface area contributed by atoms with Gasteiger partial charge in [0.2, 0.25) is 12.0 Å². The molecule has 148 valence electrons. The fourth-order valence-electron chi connectivity index (χ4n) is 2.35. The lowest BCUT2D eigenvalue weighted by atomic mass is 10.1. The van der Waals surface area contributed by atoms with Gasteiger partial charge in [-0.2, -0.15) is 0 Å². The van der Waals surface area contributed by atoms with Gasteiger partial charge in [0, 0.05) is 27.4 Å². The predicted molar refractivity (Wildman–Crippen MR) is 103 cm³/mol. The summed E-state index contributed by atoms with van der Waals surface area (Å²) in [5.74, 6) is -0.995. The average Bonchev–Trinajstić information content (AvgIpc) is 2.71. The van der Waals surface area contributed by atoms with Gasteiger partial charge in [0.25, 0.3) is 0 Å². The maximum atomic E-state index is 12.6. The second-order valence-electron chi connectivity index (χ2n) is 6.22. The molecule has 2 amide bonds. The number of carbonyl (C=O) groups excluding carboxylic acids is 3. The van der Waals surface area contributed by atoms with Crippen molar-refractivity contribution < 1.29 is 23.9 Å². The van der Waals surface area contributed by atoms with Crippen molar-refractivity contribution in [1.29, 1.82) is 0 Å². The van der Waals surface area contributed by atoms with Crippen LogP contribution in [0.1, 0.15) is 18.1 Å². The van der Waals surface area contributed by atoms with Crippen LogP contribution in [0.15, 0.2) is 60.7 Å². The molecule has 0 aliphatic rings. The van der Waals surface area contributed by atoms with Gasteiger partial charge >= 0.3 is 12.1 Å². The van der Waals surface area contributed by atoms with Crippen LogP contribution in [-0.4, -0.2) is 48.2 Å². The van der Waals surface area contributed by atoms with Crippen LogP contribution in [-0.2, 0) is 32.1 Å². The maximum absolute atomic E-state index is 12.6. The number of nitrogens with zero attached hydrogens (tertiary/aromatic N) is 2. The predicted octanol–water partition coefficient (Wildman–Crippen LogP) is 2.80. The average molecular weight is 384 g/mol. The number of amides is 2. The fraction of sp³-hybridized carbons (Fsp3) is 0.286. The molecule has 0 bridgehead atoms. The quantitative estimate of drug-likeness (QED) is 0.565. The Labute approximate surface area is 164 Å². The van der Waals surface area contributed by atoms with E-state index >= 15 is 0 Å². The highest BCUT2D eigenvalue weighted by Crippen LogP contribution is 2.12. The second-order valence-corrected chi connectivity index (χ2v) is 6.22. The lowest BCUT2D eigenvalue weighted by Crippen LogP contribution is -2.46. The Balaban J connectivity index is 2.08. The van der Waals surface area contributed by atoms with Crippen molar-refractivity contribution in [3.63, 3.8) is 0 Å². The zero-order chi connectivity index (χ0) is 20.5. The largest absolute Gasteiger partial charge is 0.458 e. The molecular weight excluding hydrogens is 360 g/mol. The van der Waals surface area contributed by atoms with Gasteiger partial charge in [-0.3, -0.25) is 9.80 Å². The Morgan fingerprint density at radius 3 is 1.93 bits per heavy atom. The molecule has 7 nitrogen and oxygen atoms in total. The summed E-state index contributed by atoms with van der Waals surface area (Å²) in [6.45, 7) is 1.39. The van der Waals surface area contributed by atoms with Gasteiger partial charge in [-0.05, 0) is 11.1 Å². The third-order valence-electron chi connectivity index (χ3n) is 4.16. The molecule has 0 unspecified atom stereocenters. The van der Waals surface area contributed by atoms with Crippen molar-refractivity contribution in [1.82, 2.24) is 10.0 Å². The summed E-state index contributed by atoms with van der Waals surface area (Å²) in [5, 5.41) is 2.10. The van der Waals surface area contributed by atoms with E-state index in [1.807, 2.05) is 60.7 Å². The SMILES string of the molecule is CC(=O)N(C)N(C)C(=O)O[C@@H](Cc1ccccc1)C(=O)OCc1ccccc1. The smallest absolute Gasteiger partial charge is 0.429 e. The number of benzene rings is 2. The first kappa shape index (κ1) is 21.0. The van der Waals surface area contributed by atoms with Crippen LogP contribution >= 0.6 is 0 Å². The topological polar surface area (TPSA) is 76.2 Å². The number of hydrogen-bond acceptors (Lipinski definition) is 5. The first-order valence-corrected chi connectivity index (χ1v) is 8.81. The molecule has 2 aromatic rings. The van der Waals surface area contributed by atoms with E-state index in [9.17, 15) is 14.4 Å². The number of esters is 1. The molecule has 0 N–H and O–H groups in total. The first-order chi connectivity index (χ1) is 13.4. The van der Waals surface area contributed by atoms with Crippen LogP contribution in [0.3, 0.4) is 0 Å². The van der Waals surface area contributed by atoms with E-state index in [4.69, 9.17) is 9.47 Å². The number of rotatable bonds is 6. The van der Waals surface area contributed by atoms with Crippen LogP contribution in [0.25, 0.3) is 0 Å². The lowest BCUT2D eigenvalue weighted by molar-refractivity contribution is -0.157. The Bertz CT molecular complexity index is 795. The highest BCUT2D eigenvalue weighted by atomic mass is 16.6. The third-order valence-corrected chi connectivity index (χ3v) is 4.16. The van der Waals surface area contributed by atoms with Crippen LogP contribution < -0.4 is 0 Å². The monoisotopic (exact) mass is 384 g/mol. The molecule has 0 aromatic heterocycles. The number of carbonyl (C=O) groups is 3. The van der Waals surface area contributed by atoms with Crippen molar-refractivity contribution in [2.24, 2.45) is 0 Å². The fourth-order valence-corrected chi connectivity index (χ4v) is 2.35. The summed E-state index contributed by atoms with van der Waals surface area (Å²) < 4.78 is 10.7. The van der Waals surface area contributed by atoms with E-state index in [0.29, 0.717) is 0 Å². The Morgan fingerprint density at radius 1 is 0.857 bits per heavy atom. The highest BCUT2D eigenvalue weighted by Gasteiger charge is 2.28. The van der Waals surface area contributed by atoms with Gasteiger partial charge < -0.3 is 9.47 Å². The van der Waals surface area contributed by atoms with Crippen molar-refractivity contribution in [3.8, 4) is 0 Å². The summed E-state index contributed by atoms with van der Waals surface area (Å²) in [6.07, 6.45) is -1.80. The molecule has 0 heterocycles. The maximum Gasteiger partial charge on any atom is 0.429 e. The summed E-state index contributed by atoms with van der Waals surface area (Å²) in [6, 6.07) is 18.4. The van der Waals surface area contributed by atoms with Crippen molar-refractivity contribution in [3.05, 3.63) is 71.8 Å². The molecule has 0 saturated heterocycles. The molecule has 7 heteroatoms. The van der Waals surface area contributed by atoms with E-state index in [2.05, 4.69) is 0 Å². The van der Waals surface area contributed by atoms with Crippen LogP contribution in [0.5, 0.6) is 0 Å². The zero-order valence-corrected chi connectivity index (χ0v) is 16.2. The minimum absolute atomic E-state index is 0.0751. The van der Waals surface area contributed by atoms with Gasteiger partial charge in [0.1, 0.15) is 6.61 Å². The minimum Gasteiger partial charge on any atom is -0.458 e. The molecule has 2 rings (SSSR count). The van der Waals surface area contributed by atoms with Crippen molar-refractivity contribution in [2.45, 2.75) is 26.1 Å². The lowest BCUT2D eigenvalue weighted by Gasteiger charge is -2.28. The van der Waals surface area contributed by atoms with Crippen molar-refractivity contribution in [2.75, 3.05) is 14.1 Å². The minimum atomic E-state index is -1.14. The van der Waals surface area contributed by atoms with Gasteiger partial charge in [0.15, 0.2) is 0 Å². The Morgan fingerprint density at radius 2 is 1.39 bits per heavy atom. The van der Waals surface area contributed by atoms with E-state index in [1.54, 1.807) is 0 Å². The molecule has 0 spiro atoms. The molecule has 0 aliphatic carbocycles. The van der Waals surface area contributed by atoms with E-state index in [-0.39, 0.29) is 18.9 Å². The Hall–Kier alpha value is -3.35. The van der Waals surface area contributed by atoms with Crippen molar-refractivity contribution >= 4 is 18.0 Å². The Kier molecular flexibility index (Phi) is 7.56. The molecule has 0 fully saturated rings. The van der Waals surface area contributed by atoms with Gasteiger partial charge in [0.05, 0.1) is 0 Å². The van der Waals surface area contributed by atoms with Crippen LogP contribution in [0, 0.1) is 0 Å². The number of hydrazine groups is 1. The van der Waals surface area contributed by atoms with E-state index < -0.39 is 18.2 Å². The van der Waals surface area contributed by atoms with Crippen LogP contribution in [0.4, 0.5) is 4.79 Å². The third kappa shape index (κ3) is 6.12. The second kappa shape index (κ2) is 10.1. The summed E-state index contributed by atoms with van der Waals surface area (Å²) >= 11 is 0. The molecule has 0 saturated carbocycles. The molecular formula is C21H24N2O5. The number of hydrogen-bond donors (Lipinski definition) is 0. The van der Waals surface area contributed by atoms with E-state index in [0.717, 1.165) is 21.1 Å². The van der Waals surface area contributed by atoms with Gasteiger partial charge in [-0.25, -0.2) is 14.6 Å². The highest BCUT2D eigenvalue weighted by molar-refractivity contribution is 5.80. The first-order valence-electron chi connectivity index (χ1n) is 8.81. The summed E-state index contributed by atoms with van der Waals surface area (Å²) in [4.78, 5) is 36.4. The van der Waals surface area contributed by atoms with Crippen LogP contribution in [0.2, 0.25) is 0 Å². The van der Waals surface area contributed by atoms with E-state index in [1.165, 1.54) is 21.0 Å². The standard InChI is InChI=1S/C21H24N2O5/c1-16(24)22(2)23(3)21(26)28-19(14-17-10-6-4-7-11-17)20(25)27-15-18-12-8-5-9-13-18/h4-13,19H,14-15H2,1-3H3/t19-/m0/s1. The van der Waals surface area contributed by atoms with Gasteiger partial charge in [-0.15, -0.1) is 0 Å². The molecule has 0 radical (unpaired) electrons. The zero-order valence-electron chi connectivity index (χ0n) is 16.2. The summed E-state index contributed by atoms with van der Waals surface area (Å²) in [5.41, 5.74) is 1.65. The molecule has 28 heavy (non-hydrogen) atoms. The molecule has 2 aromatic carbocycles. The summed E-state index contributed by atoms with van der Waals surface area (Å²) in [7, 11) is 2.82.